The molecular weight excluding hydrogens is 167 g/mol. The first-order valence-corrected chi connectivity index (χ1v) is 3.83. The normalized spacial score (nSPS) is 9.77. The Morgan fingerprint density at radius 1 is 1.46 bits per heavy atom. The standard InChI is InChI=1S/C8H11BN2O2/c1-5(10)7-3-2-6(9(12)13)4-8(7)11/h2-4,10,12-13H,11H2,1H3. The number of rotatable bonds is 2. The summed E-state index contributed by atoms with van der Waals surface area (Å²) < 4.78 is 0. The predicted molar refractivity (Wildman–Crippen MR) is 53.2 cm³/mol. The molecule has 13 heavy (non-hydrogen) atoms. The van der Waals surface area contributed by atoms with Crippen LogP contribution in [0.25, 0.3) is 0 Å². The lowest BCUT2D eigenvalue weighted by Crippen LogP contribution is -2.30. The highest BCUT2D eigenvalue weighted by atomic mass is 16.4. The van der Waals surface area contributed by atoms with Gasteiger partial charge in [0.15, 0.2) is 0 Å². The molecule has 0 aliphatic heterocycles. The van der Waals surface area contributed by atoms with Gasteiger partial charge in [0.1, 0.15) is 0 Å². The van der Waals surface area contributed by atoms with Crippen LogP contribution in [0.4, 0.5) is 5.69 Å². The molecule has 0 atom stereocenters. The Bertz CT molecular complexity index is 339. The van der Waals surface area contributed by atoms with Gasteiger partial charge in [0, 0.05) is 17.0 Å². The molecule has 0 aliphatic carbocycles. The lowest BCUT2D eigenvalue weighted by molar-refractivity contribution is 0.426. The van der Waals surface area contributed by atoms with Crippen LogP contribution in [-0.4, -0.2) is 22.9 Å². The fourth-order valence-electron chi connectivity index (χ4n) is 1.08. The molecule has 0 unspecified atom stereocenters. The van der Waals surface area contributed by atoms with E-state index in [0.717, 1.165) is 0 Å². The van der Waals surface area contributed by atoms with E-state index < -0.39 is 7.12 Å². The van der Waals surface area contributed by atoms with Crippen molar-refractivity contribution < 1.29 is 10.0 Å². The molecule has 1 aromatic carbocycles. The second kappa shape index (κ2) is 3.59. The molecule has 0 saturated heterocycles. The van der Waals surface area contributed by atoms with Gasteiger partial charge in [-0.3, -0.25) is 0 Å². The van der Waals surface area contributed by atoms with Crippen molar-refractivity contribution in [1.82, 2.24) is 0 Å². The molecule has 0 saturated carbocycles. The van der Waals surface area contributed by atoms with E-state index in [0.29, 0.717) is 22.4 Å². The highest BCUT2D eigenvalue weighted by molar-refractivity contribution is 6.58. The minimum absolute atomic E-state index is 0.336. The van der Waals surface area contributed by atoms with Gasteiger partial charge in [-0.25, -0.2) is 0 Å². The Morgan fingerprint density at radius 2 is 2.08 bits per heavy atom. The predicted octanol–water partition coefficient (Wildman–Crippen LogP) is -0.664. The van der Waals surface area contributed by atoms with E-state index in [9.17, 15) is 0 Å². The molecule has 0 aliphatic rings. The van der Waals surface area contributed by atoms with Crippen molar-refractivity contribution in [2.45, 2.75) is 6.92 Å². The molecule has 0 aromatic heterocycles. The van der Waals surface area contributed by atoms with Gasteiger partial charge in [-0.05, 0) is 18.5 Å². The molecule has 4 nitrogen and oxygen atoms in total. The monoisotopic (exact) mass is 178 g/mol. The van der Waals surface area contributed by atoms with Crippen molar-refractivity contribution in [2.24, 2.45) is 0 Å². The van der Waals surface area contributed by atoms with Gasteiger partial charge in [0.25, 0.3) is 0 Å². The van der Waals surface area contributed by atoms with Crippen LogP contribution >= 0.6 is 0 Å². The molecule has 0 heterocycles. The third-order valence-corrected chi connectivity index (χ3v) is 1.78. The largest absolute Gasteiger partial charge is 0.488 e. The second-order valence-corrected chi connectivity index (χ2v) is 2.85. The molecule has 1 rings (SSSR count). The van der Waals surface area contributed by atoms with Crippen LogP contribution in [0.2, 0.25) is 0 Å². The maximum absolute atomic E-state index is 8.82. The van der Waals surface area contributed by atoms with Crippen LogP contribution in [0, 0.1) is 5.41 Å². The maximum atomic E-state index is 8.82. The smallest absolute Gasteiger partial charge is 0.423 e. The van der Waals surface area contributed by atoms with Crippen LogP contribution in [0.1, 0.15) is 12.5 Å². The Hall–Kier alpha value is -1.33. The van der Waals surface area contributed by atoms with Crippen molar-refractivity contribution in [2.75, 3.05) is 5.73 Å². The Morgan fingerprint density at radius 3 is 2.46 bits per heavy atom. The Balaban J connectivity index is 3.13. The van der Waals surface area contributed by atoms with Gasteiger partial charge in [-0.1, -0.05) is 12.1 Å². The van der Waals surface area contributed by atoms with Gasteiger partial charge in [0.2, 0.25) is 0 Å². The number of nitrogens with one attached hydrogen (secondary N) is 1. The quantitative estimate of drug-likeness (QED) is 0.275. The van der Waals surface area contributed by atoms with Gasteiger partial charge in [-0.2, -0.15) is 0 Å². The maximum Gasteiger partial charge on any atom is 0.488 e. The zero-order valence-electron chi connectivity index (χ0n) is 7.28. The van der Waals surface area contributed by atoms with Crippen LogP contribution in [0.5, 0.6) is 0 Å². The summed E-state index contributed by atoms with van der Waals surface area (Å²) in [5.41, 5.74) is 7.29. The Labute approximate surface area is 76.7 Å². The van der Waals surface area contributed by atoms with E-state index in [1.54, 1.807) is 13.0 Å². The van der Waals surface area contributed by atoms with Crippen molar-refractivity contribution in [3.05, 3.63) is 23.8 Å². The Kier molecular flexibility index (Phi) is 2.70. The SMILES string of the molecule is CC(=N)c1ccc(B(O)O)cc1N. The van der Waals surface area contributed by atoms with Gasteiger partial charge < -0.3 is 21.2 Å². The molecule has 0 fully saturated rings. The summed E-state index contributed by atoms with van der Waals surface area (Å²) in [6.07, 6.45) is 0. The molecule has 0 spiro atoms. The summed E-state index contributed by atoms with van der Waals surface area (Å²) in [5.74, 6) is 0. The molecule has 5 N–H and O–H groups in total. The van der Waals surface area contributed by atoms with Crippen LogP contribution in [0.15, 0.2) is 18.2 Å². The van der Waals surface area contributed by atoms with Gasteiger partial charge >= 0.3 is 7.12 Å². The molecule has 0 radical (unpaired) electrons. The van der Waals surface area contributed by atoms with Crippen molar-refractivity contribution in [3.8, 4) is 0 Å². The van der Waals surface area contributed by atoms with Crippen LogP contribution in [0.3, 0.4) is 0 Å². The van der Waals surface area contributed by atoms with E-state index in [2.05, 4.69) is 0 Å². The molecule has 0 bridgehead atoms. The zero-order chi connectivity index (χ0) is 10.0. The van der Waals surface area contributed by atoms with Crippen LogP contribution in [-0.2, 0) is 0 Å². The summed E-state index contributed by atoms with van der Waals surface area (Å²) >= 11 is 0. The molecule has 68 valence electrons. The van der Waals surface area contributed by atoms with E-state index in [-0.39, 0.29) is 0 Å². The second-order valence-electron chi connectivity index (χ2n) is 2.85. The lowest BCUT2D eigenvalue weighted by Gasteiger charge is -2.05. The number of hydrogen-bond donors (Lipinski definition) is 4. The summed E-state index contributed by atoms with van der Waals surface area (Å²) in [7, 11) is -1.51. The average molecular weight is 178 g/mol. The molecule has 0 amide bonds. The minimum atomic E-state index is -1.51. The van der Waals surface area contributed by atoms with Gasteiger partial charge in [0.05, 0.1) is 0 Å². The summed E-state index contributed by atoms with van der Waals surface area (Å²) in [6, 6.07) is 4.60. The van der Waals surface area contributed by atoms with E-state index in [1.165, 1.54) is 12.1 Å². The average Bonchev–Trinajstić information content (AvgIpc) is 2.03. The van der Waals surface area contributed by atoms with E-state index in [4.69, 9.17) is 21.2 Å². The summed E-state index contributed by atoms with van der Waals surface area (Å²) in [6.45, 7) is 1.63. The zero-order valence-corrected chi connectivity index (χ0v) is 7.28. The van der Waals surface area contributed by atoms with Crippen molar-refractivity contribution >= 4 is 24.0 Å². The third kappa shape index (κ3) is 2.08. The minimum Gasteiger partial charge on any atom is -0.423 e. The number of nitrogen functional groups attached to an aromatic ring is 1. The first kappa shape index (κ1) is 9.76. The summed E-state index contributed by atoms with van der Waals surface area (Å²) in [5, 5.41) is 25.0. The highest BCUT2D eigenvalue weighted by Crippen LogP contribution is 2.09. The highest BCUT2D eigenvalue weighted by Gasteiger charge is 2.12. The number of anilines is 1. The van der Waals surface area contributed by atoms with Crippen LogP contribution < -0.4 is 11.2 Å². The number of benzene rings is 1. The lowest BCUT2D eigenvalue weighted by atomic mass is 9.79. The molecular formula is C8H11BN2O2. The van der Waals surface area contributed by atoms with Crippen molar-refractivity contribution in [1.29, 1.82) is 5.41 Å². The van der Waals surface area contributed by atoms with Gasteiger partial charge in [-0.15, -0.1) is 0 Å². The number of nitrogens with two attached hydrogens (primary N) is 1. The molecule has 1 aromatic rings. The fraction of sp³-hybridized carbons (Fsp3) is 0.125. The fourth-order valence-corrected chi connectivity index (χ4v) is 1.08. The van der Waals surface area contributed by atoms with E-state index in [1.807, 2.05) is 0 Å². The topological polar surface area (TPSA) is 90.3 Å². The first-order valence-electron chi connectivity index (χ1n) is 3.83. The van der Waals surface area contributed by atoms with E-state index >= 15 is 0 Å². The first-order chi connectivity index (χ1) is 6.02. The number of hydrogen-bond acceptors (Lipinski definition) is 4. The summed E-state index contributed by atoms with van der Waals surface area (Å²) in [4.78, 5) is 0. The van der Waals surface area contributed by atoms with Crippen molar-refractivity contribution in [3.63, 3.8) is 0 Å². The third-order valence-electron chi connectivity index (χ3n) is 1.78. The molecule has 5 heteroatoms.